The zero-order valence-corrected chi connectivity index (χ0v) is 33.2. The van der Waals surface area contributed by atoms with Crippen LogP contribution in [0.3, 0.4) is 0 Å². The van der Waals surface area contributed by atoms with Crippen LogP contribution in [0.15, 0.2) is 188 Å². The highest BCUT2D eigenvalue weighted by Gasteiger charge is 2.18. The molecule has 0 aliphatic rings. The van der Waals surface area contributed by atoms with Gasteiger partial charge in [-0.25, -0.2) is 9.97 Å². The van der Waals surface area contributed by atoms with Crippen molar-refractivity contribution in [2.24, 2.45) is 0 Å². The molecule has 0 atom stereocenters. The Balaban J connectivity index is 0.969. The van der Waals surface area contributed by atoms with Crippen LogP contribution in [0.5, 0.6) is 0 Å². The highest BCUT2D eigenvalue weighted by Crippen LogP contribution is 2.38. The molecule has 0 saturated carbocycles. The third kappa shape index (κ3) is 5.92. The first kappa shape index (κ1) is 34.7. The third-order valence-electron chi connectivity index (χ3n) is 11.8. The van der Waals surface area contributed by atoms with Crippen LogP contribution in [0.4, 0.5) is 0 Å². The van der Waals surface area contributed by atoms with Gasteiger partial charge in [-0.15, -0.1) is 0 Å². The Hall–Kier alpha value is -7.56. The summed E-state index contributed by atoms with van der Waals surface area (Å²) in [5.74, 6) is 0.721. The molecular weight excluding hydrogens is 717 g/mol. The van der Waals surface area contributed by atoms with Gasteiger partial charge < -0.3 is 9.13 Å². The van der Waals surface area contributed by atoms with E-state index in [0.717, 1.165) is 50.8 Å². The van der Waals surface area contributed by atoms with Crippen molar-refractivity contribution in [1.82, 2.24) is 19.1 Å². The van der Waals surface area contributed by atoms with Crippen molar-refractivity contribution in [3.63, 3.8) is 0 Å². The molecule has 280 valence electrons. The monoisotopic (exact) mass is 756 g/mol. The van der Waals surface area contributed by atoms with Gasteiger partial charge in [0.15, 0.2) is 5.82 Å². The molecule has 0 aliphatic carbocycles. The van der Waals surface area contributed by atoms with Gasteiger partial charge >= 0.3 is 0 Å². The smallest absolute Gasteiger partial charge is 0.160 e. The number of rotatable bonds is 6. The van der Waals surface area contributed by atoms with E-state index in [1.54, 1.807) is 0 Å². The number of aryl methyl sites for hydroxylation is 3. The van der Waals surface area contributed by atoms with Gasteiger partial charge in [0.2, 0.25) is 0 Å². The Bertz CT molecular complexity index is 3270. The minimum absolute atomic E-state index is 0.721. The molecule has 59 heavy (non-hydrogen) atoms. The lowest BCUT2D eigenvalue weighted by atomic mass is 9.97. The van der Waals surface area contributed by atoms with Crippen LogP contribution in [0, 0.1) is 20.8 Å². The van der Waals surface area contributed by atoms with Crippen molar-refractivity contribution in [2.45, 2.75) is 20.8 Å². The maximum absolute atomic E-state index is 5.09. The fourth-order valence-electron chi connectivity index (χ4n) is 8.90. The van der Waals surface area contributed by atoms with E-state index in [2.05, 4.69) is 194 Å². The first-order chi connectivity index (χ1) is 29.0. The van der Waals surface area contributed by atoms with Gasteiger partial charge in [-0.1, -0.05) is 132 Å². The number of benzene rings is 8. The quantitative estimate of drug-likeness (QED) is 0.169. The Labute approximate surface area is 343 Å². The molecule has 4 nitrogen and oxygen atoms in total. The van der Waals surface area contributed by atoms with Crippen LogP contribution in [-0.2, 0) is 0 Å². The summed E-state index contributed by atoms with van der Waals surface area (Å²) >= 11 is 0. The maximum Gasteiger partial charge on any atom is 0.160 e. The second kappa shape index (κ2) is 13.8. The van der Waals surface area contributed by atoms with Gasteiger partial charge in [-0.05, 0) is 104 Å². The lowest BCUT2D eigenvalue weighted by molar-refractivity contribution is 1.16. The normalized spacial score (nSPS) is 11.6. The average Bonchev–Trinajstić information content (AvgIpc) is 3.78. The Morgan fingerprint density at radius 1 is 0.339 bits per heavy atom. The van der Waals surface area contributed by atoms with Gasteiger partial charge in [0, 0.05) is 49.6 Å². The summed E-state index contributed by atoms with van der Waals surface area (Å²) in [6.07, 6.45) is 0. The molecule has 0 radical (unpaired) electrons. The molecule has 0 unspecified atom stereocenters. The van der Waals surface area contributed by atoms with Gasteiger partial charge in [0.05, 0.1) is 33.5 Å². The summed E-state index contributed by atoms with van der Waals surface area (Å²) in [6.45, 7) is 6.52. The van der Waals surface area contributed by atoms with Crippen LogP contribution in [0.2, 0.25) is 0 Å². The zero-order valence-electron chi connectivity index (χ0n) is 33.2. The molecule has 0 fully saturated rings. The van der Waals surface area contributed by atoms with E-state index in [1.807, 2.05) is 24.3 Å². The summed E-state index contributed by atoms with van der Waals surface area (Å²) in [5.41, 5.74) is 18.1. The number of nitrogens with zero attached hydrogens (tertiary/aromatic N) is 4. The molecule has 0 spiro atoms. The molecule has 0 amide bonds. The molecule has 0 N–H and O–H groups in total. The molecule has 11 rings (SSSR count). The Morgan fingerprint density at radius 3 is 1.54 bits per heavy atom. The van der Waals surface area contributed by atoms with Crippen LogP contribution in [-0.4, -0.2) is 19.1 Å². The molecule has 3 aromatic heterocycles. The SMILES string of the molecule is Cc1ccc2c(c1)c1cc(C)ccc1n2-c1ccc2c(c1)c1ccccc1n2-c1ccc(-c2ccc(-c3cc(-c4ccccc4)nc(-c4ccccc4)n3)c(C)c2)cc1. The predicted octanol–water partition coefficient (Wildman–Crippen LogP) is 14.3. The average molecular weight is 757 g/mol. The van der Waals surface area contributed by atoms with Crippen LogP contribution in [0.25, 0.3) is 100 Å². The van der Waals surface area contributed by atoms with Gasteiger partial charge in [-0.2, -0.15) is 0 Å². The summed E-state index contributed by atoms with van der Waals surface area (Å²) in [4.78, 5) is 10.1. The van der Waals surface area contributed by atoms with Crippen molar-refractivity contribution in [1.29, 1.82) is 0 Å². The van der Waals surface area contributed by atoms with Gasteiger partial charge in [0.25, 0.3) is 0 Å². The summed E-state index contributed by atoms with van der Waals surface area (Å²) < 4.78 is 4.82. The summed E-state index contributed by atoms with van der Waals surface area (Å²) in [6, 6.07) is 67.7. The molecule has 4 heteroatoms. The molecule has 11 aromatic rings. The molecule has 3 heterocycles. The summed E-state index contributed by atoms with van der Waals surface area (Å²) in [7, 11) is 0. The van der Waals surface area contributed by atoms with E-state index >= 15 is 0 Å². The van der Waals surface area contributed by atoms with Crippen LogP contribution < -0.4 is 0 Å². The van der Waals surface area contributed by atoms with E-state index < -0.39 is 0 Å². The van der Waals surface area contributed by atoms with Crippen molar-refractivity contribution in [2.75, 3.05) is 0 Å². The molecule has 8 aromatic carbocycles. The van der Waals surface area contributed by atoms with Crippen molar-refractivity contribution < 1.29 is 0 Å². The Morgan fingerprint density at radius 2 is 0.864 bits per heavy atom. The zero-order chi connectivity index (χ0) is 39.6. The second-order valence-electron chi connectivity index (χ2n) is 15.7. The van der Waals surface area contributed by atoms with E-state index in [4.69, 9.17) is 9.97 Å². The Kier molecular flexibility index (Phi) is 8.12. The standard InChI is InChI=1S/C55H40N4/c1-35-18-27-52-46(30-35)47-31-36(2)19-28-53(47)59(52)43-25-29-54-48(33-43)45-16-10-11-17-51(45)58(54)42-23-20-38(21-24-42)41-22-26-44(37(3)32-41)50-34-49(39-12-6-4-7-13-39)56-55(57-50)40-14-8-5-9-15-40/h4-34H,1-3H3. The number of fused-ring (bicyclic) bond motifs is 6. The number of hydrogen-bond donors (Lipinski definition) is 0. The van der Waals surface area contributed by atoms with Crippen molar-refractivity contribution in [3.05, 3.63) is 205 Å². The molecule has 0 saturated heterocycles. The highest BCUT2D eigenvalue weighted by atomic mass is 15.0. The molecule has 0 aliphatic heterocycles. The maximum atomic E-state index is 5.09. The van der Waals surface area contributed by atoms with E-state index in [9.17, 15) is 0 Å². The first-order valence-electron chi connectivity index (χ1n) is 20.2. The first-order valence-corrected chi connectivity index (χ1v) is 20.2. The molecule has 0 bridgehead atoms. The van der Waals surface area contributed by atoms with Crippen LogP contribution in [0.1, 0.15) is 16.7 Å². The number of aromatic nitrogens is 4. The van der Waals surface area contributed by atoms with Gasteiger partial charge in [-0.3, -0.25) is 0 Å². The minimum Gasteiger partial charge on any atom is -0.309 e. The summed E-state index contributed by atoms with van der Waals surface area (Å²) in [5, 5.41) is 5.06. The lowest BCUT2D eigenvalue weighted by Gasteiger charge is -2.13. The van der Waals surface area contributed by atoms with Gasteiger partial charge in [0.1, 0.15) is 0 Å². The number of hydrogen-bond acceptors (Lipinski definition) is 2. The predicted molar refractivity (Wildman–Crippen MR) is 247 cm³/mol. The minimum atomic E-state index is 0.721. The van der Waals surface area contributed by atoms with Crippen molar-refractivity contribution in [3.8, 4) is 56.4 Å². The second-order valence-corrected chi connectivity index (χ2v) is 15.7. The largest absolute Gasteiger partial charge is 0.309 e. The van der Waals surface area contributed by atoms with E-state index in [-0.39, 0.29) is 0 Å². The van der Waals surface area contributed by atoms with E-state index in [1.165, 1.54) is 65.9 Å². The van der Waals surface area contributed by atoms with Crippen LogP contribution >= 0.6 is 0 Å². The fourth-order valence-corrected chi connectivity index (χ4v) is 8.90. The topological polar surface area (TPSA) is 35.6 Å². The highest BCUT2D eigenvalue weighted by molar-refractivity contribution is 6.12. The number of para-hydroxylation sites is 1. The van der Waals surface area contributed by atoms with E-state index in [0.29, 0.717) is 0 Å². The molecular formula is C55H40N4. The van der Waals surface area contributed by atoms with Crippen molar-refractivity contribution >= 4 is 43.6 Å². The lowest BCUT2D eigenvalue weighted by Crippen LogP contribution is -1.97. The third-order valence-corrected chi connectivity index (χ3v) is 11.8. The fraction of sp³-hybridized carbons (Fsp3) is 0.0545.